The van der Waals surface area contributed by atoms with Gasteiger partial charge in [-0.1, -0.05) is 12.1 Å². The lowest BCUT2D eigenvalue weighted by Gasteiger charge is -2.14. The zero-order valence-corrected chi connectivity index (χ0v) is 8.80. The van der Waals surface area contributed by atoms with Crippen molar-refractivity contribution in [3.05, 3.63) is 29.3 Å². The highest BCUT2D eigenvalue weighted by Gasteiger charge is 2.40. The van der Waals surface area contributed by atoms with Gasteiger partial charge in [-0.05, 0) is 50.4 Å². The molecule has 0 bridgehead atoms. The second-order valence-corrected chi connectivity index (χ2v) is 4.33. The van der Waals surface area contributed by atoms with Crippen LogP contribution in [0.5, 0.6) is 5.75 Å². The number of nitrogens with one attached hydrogen (secondary N) is 1. The van der Waals surface area contributed by atoms with Crippen molar-refractivity contribution in [2.75, 3.05) is 7.05 Å². The molecule has 2 heteroatoms. The summed E-state index contributed by atoms with van der Waals surface area (Å²) in [6.07, 6.45) is 3.52. The van der Waals surface area contributed by atoms with E-state index in [9.17, 15) is 5.11 Å². The first kappa shape index (κ1) is 9.53. The fraction of sp³-hybridized carbons (Fsp3) is 0.500. The smallest absolute Gasteiger partial charge is 0.118 e. The lowest BCUT2D eigenvalue weighted by atomic mass is 10.0. The standard InChI is InChI=1S/C12H17NO/c1-9-3-4-10(7-11(9)14)8-12(13-2)5-6-12/h3-4,7,13-14H,5-6,8H2,1-2H3. The molecule has 1 aliphatic rings. The first-order valence-electron chi connectivity index (χ1n) is 5.13. The molecular formula is C12H17NO. The molecule has 1 aromatic rings. The number of likely N-dealkylation sites (N-methyl/N-ethyl adjacent to an activating group) is 1. The third kappa shape index (κ3) is 1.75. The Balaban J connectivity index is 2.14. The fourth-order valence-electron chi connectivity index (χ4n) is 1.82. The third-order valence-corrected chi connectivity index (χ3v) is 3.20. The molecule has 2 rings (SSSR count). The summed E-state index contributed by atoms with van der Waals surface area (Å²) in [6.45, 7) is 1.92. The number of hydrogen-bond donors (Lipinski definition) is 2. The molecule has 2 nitrogen and oxygen atoms in total. The van der Waals surface area contributed by atoms with Crippen molar-refractivity contribution in [2.24, 2.45) is 0 Å². The highest BCUT2D eigenvalue weighted by atomic mass is 16.3. The van der Waals surface area contributed by atoms with Crippen LogP contribution in [0.1, 0.15) is 24.0 Å². The number of hydrogen-bond acceptors (Lipinski definition) is 2. The van der Waals surface area contributed by atoms with E-state index in [0.29, 0.717) is 11.3 Å². The van der Waals surface area contributed by atoms with Crippen LogP contribution in [-0.2, 0) is 6.42 Å². The Morgan fingerprint density at radius 2 is 2.14 bits per heavy atom. The van der Waals surface area contributed by atoms with Gasteiger partial charge < -0.3 is 10.4 Å². The second kappa shape index (κ2) is 3.28. The van der Waals surface area contributed by atoms with E-state index in [1.165, 1.54) is 18.4 Å². The number of phenolic OH excluding ortho intramolecular Hbond substituents is 1. The second-order valence-electron chi connectivity index (χ2n) is 4.33. The highest BCUT2D eigenvalue weighted by Crippen LogP contribution is 2.38. The van der Waals surface area contributed by atoms with E-state index in [4.69, 9.17) is 0 Å². The number of phenols is 1. The molecule has 1 aromatic carbocycles. The van der Waals surface area contributed by atoms with Gasteiger partial charge in [-0.3, -0.25) is 0 Å². The van der Waals surface area contributed by atoms with E-state index >= 15 is 0 Å². The molecule has 0 spiro atoms. The van der Waals surface area contributed by atoms with Gasteiger partial charge in [0.1, 0.15) is 5.75 Å². The minimum absolute atomic E-state index is 0.321. The first-order valence-corrected chi connectivity index (χ1v) is 5.13. The molecule has 0 amide bonds. The van der Waals surface area contributed by atoms with Crippen LogP contribution in [0, 0.1) is 6.92 Å². The Hall–Kier alpha value is -1.02. The molecule has 2 N–H and O–H groups in total. The monoisotopic (exact) mass is 191 g/mol. The molecule has 0 saturated heterocycles. The highest BCUT2D eigenvalue weighted by molar-refractivity contribution is 5.36. The van der Waals surface area contributed by atoms with Gasteiger partial charge in [0.15, 0.2) is 0 Å². The first-order chi connectivity index (χ1) is 6.65. The molecule has 76 valence electrons. The van der Waals surface area contributed by atoms with Crippen molar-refractivity contribution in [3.63, 3.8) is 0 Å². The van der Waals surface area contributed by atoms with Gasteiger partial charge in [0.2, 0.25) is 0 Å². The molecule has 0 aromatic heterocycles. The van der Waals surface area contributed by atoms with E-state index in [1.807, 2.05) is 26.1 Å². The summed E-state index contributed by atoms with van der Waals surface area (Å²) in [5, 5.41) is 12.9. The summed E-state index contributed by atoms with van der Waals surface area (Å²) < 4.78 is 0. The molecule has 0 radical (unpaired) electrons. The van der Waals surface area contributed by atoms with E-state index in [-0.39, 0.29) is 0 Å². The van der Waals surface area contributed by atoms with Crippen LogP contribution in [0.4, 0.5) is 0 Å². The van der Waals surface area contributed by atoms with Gasteiger partial charge >= 0.3 is 0 Å². The predicted octanol–water partition coefficient (Wildman–Crippen LogP) is 2.00. The predicted molar refractivity (Wildman–Crippen MR) is 57.6 cm³/mol. The van der Waals surface area contributed by atoms with Crippen LogP contribution in [-0.4, -0.2) is 17.7 Å². The van der Waals surface area contributed by atoms with Gasteiger partial charge in [0.05, 0.1) is 0 Å². The summed E-state index contributed by atoms with van der Waals surface area (Å²) in [6, 6.07) is 5.97. The van der Waals surface area contributed by atoms with Crippen LogP contribution < -0.4 is 5.32 Å². The van der Waals surface area contributed by atoms with E-state index in [0.717, 1.165) is 12.0 Å². The molecule has 0 atom stereocenters. The van der Waals surface area contributed by atoms with Crippen LogP contribution in [0.3, 0.4) is 0 Å². The summed E-state index contributed by atoms with van der Waals surface area (Å²) in [5.74, 6) is 0.411. The van der Waals surface area contributed by atoms with E-state index in [1.54, 1.807) is 0 Å². The Labute approximate surface area is 85.0 Å². The summed E-state index contributed by atoms with van der Waals surface area (Å²) >= 11 is 0. The van der Waals surface area contributed by atoms with Gasteiger partial charge in [-0.25, -0.2) is 0 Å². The average Bonchev–Trinajstić information content (AvgIpc) is 2.93. The maximum Gasteiger partial charge on any atom is 0.118 e. The fourth-order valence-corrected chi connectivity index (χ4v) is 1.82. The van der Waals surface area contributed by atoms with Gasteiger partial charge in [0, 0.05) is 5.54 Å². The van der Waals surface area contributed by atoms with Crippen molar-refractivity contribution >= 4 is 0 Å². The summed E-state index contributed by atoms with van der Waals surface area (Å²) in [5.41, 5.74) is 2.49. The summed E-state index contributed by atoms with van der Waals surface area (Å²) in [7, 11) is 2.01. The minimum Gasteiger partial charge on any atom is -0.508 e. The normalized spacial score (nSPS) is 18.1. The zero-order chi connectivity index (χ0) is 10.2. The SMILES string of the molecule is CNC1(Cc2ccc(C)c(O)c2)CC1. The van der Waals surface area contributed by atoms with Crippen molar-refractivity contribution in [3.8, 4) is 5.75 Å². The van der Waals surface area contributed by atoms with Gasteiger partial charge in [0.25, 0.3) is 0 Å². The molecule has 0 unspecified atom stereocenters. The van der Waals surface area contributed by atoms with Crippen LogP contribution in [0.15, 0.2) is 18.2 Å². The van der Waals surface area contributed by atoms with Crippen molar-refractivity contribution in [1.29, 1.82) is 0 Å². The Kier molecular flexibility index (Phi) is 2.23. The van der Waals surface area contributed by atoms with Crippen LogP contribution in [0.2, 0.25) is 0 Å². The molecule has 1 fully saturated rings. The van der Waals surface area contributed by atoms with Crippen LogP contribution in [0.25, 0.3) is 0 Å². The van der Waals surface area contributed by atoms with Crippen LogP contribution >= 0.6 is 0 Å². The lowest BCUT2D eigenvalue weighted by molar-refractivity contribution is 0.469. The molecule has 0 aliphatic heterocycles. The third-order valence-electron chi connectivity index (χ3n) is 3.20. The summed E-state index contributed by atoms with van der Waals surface area (Å²) in [4.78, 5) is 0. The average molecular weight is 191 g/mol. The lowest BCUT2D eigenvalue weighted by Crippen LogP contribution is -2.29. The van der Waals surface area contributed by atoms with Crippen molar-refractivity contribution < 1.29 is 5.11 Å². The maximum absolute atomic E-state index is 9.57. The number of benzene rings is 1. The van der Waals surface area contributed by atoms with Gasteiger partial charge in [-0.15, -0.1) is 0 Å². The zero-order valence-electron chi connectivity index (χ0n) is 8.80. The number of rotatable bonds is 3. The minimum atomic E-state index is 0.321. The van der Waals surface area contributed by atoms with Gasteiger partial charge in [-0.2, -0.15) is 0 Å². The topological polar surface area (TPSA) is 32.3 Å². The molecule has 0 heterocycles. The largest absolute Gasteiger partial charge is 0.508 e. The van der Waals surface area contributed by atoms with E-state index < -0.39 is 0 Å². The molecular weight excluding hydrogens is 174 g/mol. The Bertz CT molecular complexity index is 342. The number of aryl methyl sites for hydroxylation is 1. The Morgan fingerprint density at radius 1 is 1.43 bits per heavy atom. The molecule has 1 aliphatic carbocycles. The molecule has 1 saturated carbocycles. The Morgan fingerprint density at radius 3 is 2.64 bits per heavy atom. The van der Waals surface area contributed by atoms with Crippen molar-refractivity contribution in [2.45, 2.75) is 31.7 Å². The number of aromatic hydroxyl groups is 1. The van der Waals surface area contributed by atoms with Crippen molar-refractivity contribution in [1.82, 2.24) is 5.32 Å². The molecule has 14 heavy (non-hydrogen) atoms. The maximum atomic E-state index is 9.57. The quantitative estimate of drug-likeness (QED) is 0.766. The van der Waals surface area contributed by atoms with E-state index in [2.05, 4.69) is 11.4 Å².